The molecule has 0 aliphatic carbocycles. The van der Waals surface area contributed by atoms with E-state index < -0.39 is 6.10 Å². The SMILES string of the molecule is CC(Oc1ccccc1Cl)C(=O)Nc1cccc(Br)c1. The second kappa shape index (κ2) is 6.77. The zero-order valence-electron chi connectivity index (χ0n) is 10.8. The quantitative estimate of drug-likeness (QED) is 0.877. The first-order valence-corrected chi connectivity index (χ1v) is 7.21. The van der Waals surface area contributed by atoms with Crippen LogP contribution in [0.4, 0.5) is 5.69 Å². The summed E-state index contributed by atoms with van der Waals surface area (Å²) in [6.07, 6.45) is -0.645. The number of para-hydroxylation sites is 1. The maximum absolute atomic E-state index is 12.0. The minimum atomic E-state index is -0.645. The number of ether oxygens (including phenoxy) is 1. The van der Waals surface area contributed by atoms with E-state index in [-0.39, 0.29) is 5.91 Å². The Morgan fingerprint density at radius 3 is 2.70 bits per heavy atom. The zero-order valence-corrected chi connectivity index (χ0v) is 13.1. The highest BCUT2D eigenvalue weighted by molar-refractivity contribution is 9.10. The average Bonchev–Trinajstić information content (AvgIpc) is 2.41. The maximum Gasteiger partial charge on any atom is 0.265 e. The molecule has 5 heteroatoms. The topological polar surface area (TPSA) is 38.3 Å². The third-order valence-corrected chi connectivity index (χ3v) is 3.41. The van der Waals surface area contributed by atoms with Gasteiger partial charge < -0.3 is 10.1 Å². The molecule has 20 heavy (non-hydrogen) atoms. The van der Waals surface area contributed by atoms with Gasteiger partial charge in [0.2, 0.25) is 0 Å². The molecule has 0 aromatic heterocycles. The van der Waals surface area contributed by atoms with Crippen LogP contribution in [0.1, 0.15) is 6.92 Å². The first-order valence-electron chi connectivity index (χ1n) is 6.04. The molecule has 1 unspecified atom stereocenters. The van der Waals surface area contributed by atoms with Gasteiger partial charge in [0.25, 0.3) is 5.91 Å². The van der Waals surface area contributed by atoms with Crippen LogP contribution in [0.15, 0.2) is 53.0 Å². The third kappa shape index (κ3) is 3.99. The van der Waals surface area contributed by atoms with E-state index in [0.29, 0.717) is 16.5 Å². The smallest absolute Gasteiger partial charge is 0.265 e. The fraction of sp³-hybridized carbons (Fsp3) is 0.133. The fourth-order valence-electron chi connectivity index (χ4n) is 1.59. The third-order valence-electron chi connectivity index (χ3n) is 2.60. The van der Waals surface area contributed by atoms with Crippen LogP contribution >= 0.6 is 27.5 Å². The molecule has 0 aliphatic rings. The Balaban J connectivity index is 2.01. The summed E-state index contributed by atoms with van der Waals surface area (Å²) in [5.41, 5.74) is 0.707. The van der Waals surface area contributed by atoms with Crippen molar-refractivity contribution in [1.29, 1.82) is 0 Å². The molecule has 0 fully saturated rings. The van der Waals surface area contributed by atoms with E-state index in [1.54, 1.807) is 31.2 Å². The fourth-order valence-corrected chi connectivity index (χ4v) is 2.17. The zero-order chi connectivity index (χ0) is 14.5. The van der Waals surface area contributed by atoms with Crippen molar-refractivity contribution in [1.82, 2.24) is 0 Å². The Morgan fingerprint density at radius 1 is 1.25 bits per heavy atom. The molecule has 1 atom stereocenters. The van der Waals surface area contributed by atoms with Crippen molar-refractivity contribution in [3.63, 3.8) is 0 Å². The van der Waals surface area contributed by atoms with Crippen molar-refractivity contribution in [3.05, 3.63) is 58.0 Å². The highest BCUT2D eigenvalue weighted by Crippen LogP contribution is 2.24. The Morgan fingerprint density at radius 2 is 2.00 bits per heavy atom. The van der Waals surface area contributed by atoms with E-state index in [0.717, 1.165) is 4.47 Å². The lowest BCUT2D eigenvalue weighted by atomic mass is 10.3. The average molecular weight is 355 g/mol. The van der Waals surface area contributed by atoms with Crippen LogP contribution in [-0.4, -0.2) is 12.0 Å². The van der Waals surface area contributed by atoms with Crippen molar-refractivity contribution in [2.75, 3.05) is 5.32 Å². The molecule has 0 heterocycles. The van der Waals surface area contributed by atoms with Crippen LogP contribution in [-0.2, 0) is 4.79 Å². The van der Waals surface area contributed by atoms with Gasteiger partial charge in [0.05, 0.1) is 5.02 Å². The Labute approximate surface area is 131 Å². The van der Waals surface area contributed by atoms with E-state index >= 15 is 0 Å². The van der Waals surface area contributed by atoms with E-state index in [4.69, 9.17) is 16.3 Å². The maximum atomic E-state index is 12.0. The van der Waals surface area contributed by atoms with Crippen LogP contribution in [0.5, 0.6) is 5.75 Å². The minimum Gasteiger partial charge on any atom is -0.479 e. The molecule has 104 valence electrons. The van der Waals surface area contributed by atoms with E-state index in [1.807, 2.05) is 24.3 Å². The van der Waals surface area contributed by atoms with E-state index in [2.05, 4.69) is 21.2 Å². The summed E-state index contributed by atoms with van der Waals surface area (Å²) in [5.74, 6) is 0.258. The van der Waals surface area contributed by atoms with Crippen LogP contribution < -0.4 is 10.1 Å². The molecule has 2 aromatic carbocycles. The molecule has 1 amide bonds. The first kappa shape index (κ1) is 14.9. The van der Waals surface area contributed by atoms with Crippen molar-refractivity contribution < 1.29 is 9.53 Å². The summed E-state index contributed by atoms with van der Waals surface area (Å²) >= 11 is 9.34. The van der Waals surface area contributed by atoms with Gasteiger partial charge in [-0.1, -0.05) is 45.7 Å². The number of halogens is 2. The molecular weight excluding hydrogens is 342 g/mol. The predicted molar refractivity (Wildman–Crippen MR) is 84.3 cm³/mol. The summed E-state index contributed by atoms with van der Waals surface area (Å²) in [6.45, 7) is 1.68. The van der Waals surface area contributed by atoms with Gasteiger partial charge in [-0.15, -0.1) is 0 Å². The van der Waals surface area contributed by atoms with Gasteiger partial charge in [0.1, 0.15) is 5.75 Å². The number of carbonyl (C=O) groups is 1. The first-order chi connectivity index (χ1) is 9.56. The molecule has 0 saturated heterocycles. The molecule has 0 spiro atoms. The Hall–Kier alpha value is -1.52. The van der Waals surface area contributed by atoms with Gasteiger partial charge in [-0.05, 0) is 37.3 Å². The lowest BCUT2D eigenvalue weighted by Gasteiger charge is -2.15. The van der Waals surface area contributed by atoms with Gasteiger partial charge in [0, 0.05) is 10.2 Å². The molecule has 2 rings (SSSR count). The van der Waals surface area contributed by atoms with Gasteiger partial charge in [-0.2, -0.15) is 0 Å². The van der Waals surface area contributed by atoms with Gasteiger partial charge >= 0.3 is 0 Å². The number of rotatable bonds is 4. The monoisotopic (exact) mass is 353 g/mol. The summed E-state index contributed by atoms with van der Waals surface area (Å²) < 4.78 is 6.45. The normalized spacial score (nSPS) is 11.8. The second-order valence-corrected chi connectivity index (χ2v) is 5.51. The molecule has 0 radical (unpaired) electrons. The lowest BCUT2D eigenvalue weighted by molar-refractivity contribution is -0.122. The molecule has 3 nitrogen and oxygen atoms in total. The largest absolute Gasteiger partial charge is 0.479 e. The molecule has 0 bridgehead atoms. The Bertz CT molecular complexity index is 618. The highest BCUT2D eigenvalue weighted by atomic mass is 79.9. The summed E-state index contributed by atoms with van der Waals surface area (Å²) in [4.78, 5) is 12.0. The molecule has 0 saturated carbocycles. The molecule has 2 aromatic rings. The van der Waals surface area contributed by atoms with Crippen LogP contribution in [0.3, 0.4) is 0 Å². The van der Waals surface area contributed by atoms with Crippen molar-refractivity contribution in [3.8, 4) is 5.75 Å². The molecule has 0 aliphatic heterocycles. The van der Waals surface area contributed by atoms with Crippen molar-refractivity contribution >= 4 is 39.1 Å². The molecule has 1 N–H and O–H groups in total. The van der Waals surface area contributed by atoms with E-state index in [9.17, 15) is 4.79 Å². The van der Waals surface area contributed by atoms with Gasteiger partial charge in [-0.25, -0.2) is 0 Å². The van der Waals surface area contributed by atoms with Crippen LogP contribution in [0.25, 0.3) is 0 Å². The standard InChI is InChI=1S/C15H13BrClNO2/c1-10(20-14-8-3-2-7-13(14)17)15(19)18-12-6-4-5-11(16)9-12/h2-10H,1H3,(H,18,19). The number of hydrogen-bond acceptors (Lipinski definition) is 2. The van der Waals surface area contributed by atoms with Crippen LogP contribution in [0.2, 0.25) is 5.02 Å². The number of hydrogen-bond donors (Lipinski definition) is 1. The number of carbonyl (C=O) groups excluding carboxylic acids is 1. The number of nitrogens with one attached hydrogen (secondary N) is 1. The molecular formula is C15H13BrClNO2. The van der Waals surface area contributed by atoms with Crippen LogP contribution in [0, 0.1) is 0 Å². The highest BCUT2D eigenvalue weighted by Gasteiger charge is 2.16. The summed E-state index contributed by atoms with van der Waals surface area (Å²) in [5, 5.41) is 3.27. The number of amides is 1. The number of anilines is 1. The summed E-state index contributed by atoms with van der Waals surface area (Å²) in [6, 6.07) is 14.4. The predicted octanol–water partition coefficient (Wildman–Crippen LogP) is 4.51. The van der Waals surface area contributed by atoms with Crippen molar-refractivity contribution in [2.24, 2.45) is 0 Å². The number of benzene rings is 2. The van der Waals surface area contributed by atoms with E-state index in [1.165, 1.54) is 0 Å². The minimum absolute atomic E-state index is 0.233. The summed E-state index contributed by atoms with van der Waals surface area (Å²) in [7, 11) is 0. The van der Waals surface area contributed by atoms with Gasteiger partial charge in [0.15, 0.2) is 6.10 Å². The van der Waals surface area contributed by atoms with Crippen molar-refractivity contribution in [2.45, 2.75) is 13.0 Å². The second-order valence-electron chi connectivity index (χ2n) is 4.19. The Kier molecular flexibility index (Phi) is 5.04. The van der Waals surface area contributed by atoms with Gasteiger partial charge in [-0.3, -0.25) is 4.79 Å². The lowest BCUT2D eigenvalue weighted by Crippen LogP contribution is -2.30.